The molecule has 0 saturated heterocycles. The lowest BCUT2D eigenvalue weighted by molar-refractivity contribution is -0.380. The van der Waals surface area contributed by atoms with Crippen LogP contribution in [0.2, 0.25) is 0 Å². The van der Waals surface area contributed by atoms with Gasteiger partial charge in [0.1, 0.15) is 5.00 Å². The van der Waals surface area contributed by atoms with Crippen LogP contribution < -0.4 is 11.1 Å². The van der Waals surface area contributed by atoms with Crippen LogP contribution in [0.3, 0.4) is 0 Å². The molecule has 0 saturated carbocycles. The van der Waals surface area contributed by atoms with Crippen molar-refractivity contribution in [3.63, 3.8) is 0 Å². The summed E-state index contributed by atoms with van der Waals surface area (Å²) in [6.45, 7) is 2.15. The Morgan fingerprint density at radius 1 is 1.38 bits per heavy atom. The normalized spacial score (nSPS) is 16.5. The molecule has 1 aliphatic carbocycles. The first-order chi connectivity index (χ1) is 11.4. The molecule has 1 unspecified atom stereocenters. The zero-order valence-electron chi connectivity index (χ0n) is 12.8. The summed E-state index contributed by atoms with van der Waals surface area (Å²) < 4.78 is 0. The van der Waals surface area contributed by atoms with Gasteiger partial charge in [-0.05, 0) is 36.8 Å². The molecule has 0 bridgehead atoms. The van der Waals surface area contributed by atoms with E-state index in [1.54, 1.807) is 0 Å². The molecule has 2 aromatic rings. The third kappa shape index (κ3) is 3.04. The third-order valence-corrected chi connectivity index (χ3v) is 6.19. The first-order valence-electron chi connectivity index (χ1n) is 7.36. The van der Waals surface area contributed by atoms with E-state index in [1.807, 2.05) is 0 Å². The van der Waals surface area contributed by atoms with Crippen LogP contribution in [-0.4, -0.2) is 16.7 Å². The minimum absolute atomic E-state index is 0.102. The highest BCUT2D eigenvalue weighted by atomic mass is 32.1. The number of nitrogens with two attached hydrogens (primary N) is 1. The SMILES string of the molecule is CC1CCc2c(sc(NC(=O)c3ccc([N+](=O)[O-])s3)c2C(N)=O)C1. The molecule has 7 nitrogen and oxygen atoms in total. The fourth-order valence-corrected chi connectivity index (χ4v) is 4.94. The molecule has 126 valence electrons. The topological polar surface area (TPSA) is 115 Å². The number of thiophene rings is 2. The summed E-state index contributed by atoms with van der Waals surface area (Å²) in [4.78, 5) is 35.7. The summed E-state index contributed by atoms with van der Waals surface area (Å²) in [5.41, 5.74) is 6.81. The number of carbonyl (C=O) groups excluding carboxylic acids is 2. The average Bonchev–Trinajstić information content (AvgIpc) is 3.10. The van der Waals surface area contributed by atoms with Gasteiger partial charge in [0, 0.05) is 10.9 Å². The standard InChI is InChI=1S/C15H15N3O4S2/c1-7-2-3-8-10(6-7)24-15(12(8)13(16)19)17-14(20)9-4-5-11(23-9)18(21)22/h4-5,7H,2-3,6H2,1H3,(H2,16,19)(H,17,20). The Kier molecular flexibility index (Phi) is 4.37. The maximum Gasteiger partial charge on any atom is 0.324 e. The number of hydrogen-bond acceptors (Lipinski definition) is 6. The first kappa shape index (κ1) is 16.6. The third-order valence-electron chi connectivity index (χ3n) is 3.98. The van der Waals surface area contributed by atoms with E-state index in [1.165, 1.54) is 23.5 Å². The minimum Gasteiger partial charge on any atom is -0.365 e. The molecule has 0 aliphatic heterocycles. The smallest absolute Gasteiger partial charge is 0.324 e. The highest BCUT2D eigenvalue weighted by molar-refractivity contribution is 7.18. The van der Waals surface area contributed by atoms with Crippen molar-refractivity contribution in [2.75, 3.05) is 5.32 Å². The number of amides is 2. The van der Waals surface area contributed by atoms with E-state index in [0.717, 1.165) is 41.0 Å². The molecule has 1 atom stereocenters. The van der Waals surface area contributed by atoms with Crippen molar-refractivity contribution in [2.24, 2.45) is 11.7 Å². The second-order valence-corrected chi connectivity index (χ2v) is 7.94. The van der Waals surface area contributed by atoms with E-state index in [0.29, 0.717) is 16.5 Å². The van der Waals surface area contributed by atoms with Crippen LogP contribution in [0, 0.1) is 16.0 Å². The Morgan fingerprint density at radius 2 is 2.12 bits per heavy atom. The van der Waals surface area contributed by atoms with Crippen molar-refractivity contribution in [3.8, 4) is 0 Å². The van der Waals surface area contributed by atoms with Gasteiger partial charge in [-0.2, -0.15) is 0 Å². The molecule has 0 aromatic carbocycles. The van der Waals surface area contributed by atoms with Crippen LogP contribution in [0.25, 0.3) is 0 Å². The Bertz CT molecular complexity index is 840. The van der Waals surface area contributed by atoms with Crippen molar-refractivity contribution < 1.29 is 14.5 Å². The predicted octanol–water partition coefficient (Wildman–Crippen LogP) is 3.19. The monoisotopic (exact) mass is 365 g/mol. The summed E-state index contributed by atoms with van der Waals surface area (Å²) in [6, 6.07) is 2.69. The van der Waals surface area contributed by atoms with E-state index in [-0.39, 0.29) is 9.88 Å². The number of nitrogens with one attached hydrogen (secondary N) is 1. The van der Waals surface area contributed by atoms with Crippen LogP contribution in [0.5, 0.6) is 0 Å². The van der Waals surface area contributed by atoms with Crippen molar-refractivity contribution in [1.82, 2.24) is 0 Å². The number of primary amides is 1. The molecule has 0 radical (unpaired) electrons. The zero-order chi connectivity index (χ0) is 17.4. The maximum atomic E-state index is 12.3. The Balaban J connectivity index is 1.90. The predicted molar refractivity (Wildman–Crippen MR) is 93.0 cm³/mol. The number of nitro groups is 1. The zero-order valence-corrected chi connectivity index (χ0v) is 14.5. The van der Waals surface area contributed by atoms with E-state index in [9.17, 15) is 19.7 Å². The number of hydrogen-bond donors (Lipinski definition) is 2. The van der Waals surface area contributed by atoms with Gasteiger partial charge in [0.05, 0.1) is 15.4 Å². The van der Waals surface area contributed by atoms with Gasteiger partial charge in [-0.3, -0.25) is 19.7 Å². The number of fused-ring (bicyclic) bond motifs is 1. The number of anilines is 1. The molecule has 2 heterocycles. The molecule has 0 fully saturated rings. The summed E-state index contributed by atoms with van der Waals surface area (Å²) in [7, 11) is 0. The maximum absolute atomic E-state index is 12.3. The van der Waals surface area contributed by atoms with Gasteiger partial charge >= 0.3 is 5.00 Å². The van der Waals surface area contributed by atoms with Crippen LogP contribution in [0.4, 0.5) is 10.0 Å². The second-order valence-electron chi connectivity index (χ2n) is 5.77. The van der Waals surface area contributed by atoms with Gasteiger partial charge in [0.25, 0.3) is 11.8 Å². The molecule has 9 heteroatoms. The van der Waals surface area contributed by atoms with Gasteiger partial charge in [-0.15, -0.1) is 11.3 Å². The van der Waals surface area contributed by atoms with Crippen molar-refractivity contribution in [2.45, 2.75) is 26.2 Å². The van der Waals surface area contributed by atoms with Crippen LogP contribution in [0.15, 0.2) is 12.1 Å². The molecular formula is C15H15N3O4S2. The molecule has 1 aliphatic rings. The van der Waals surface area contributed by atoms with Crippen molar-refractivity contribution in [3.05, 3.63) is 43.1 Å². The van der Waals surface area contributed by atoms with Crippen LogP contribution >= 0.6 is 22.7 Å². The molecule has 24 heavy (non-hydrogen) atoms. The van der Waals surface area contributed by atoms with Gasteiger partial charge in [0.15, 0.2) is 0 Å². The minimum atomic E-state index is -0.561. The molecule has 3 N–H and O–H groups in total. The highest BCUT2D eigenvalue weighted by Gasteiger charge is 2.27. The molecular weight excluding hydrogens is 350 g/mol. The number of carbonyl (C=O) groups is 2. The van der Waals surface area contributed by atoms with Gasteiger partial charge in [0.2, 0.25) is 0 Å². The lowest BCUT2D eigenvalue weighted by Crippen LogP contribution is -2.19. The average molecular weight is 365 g/mol. The molecule has 2 aromatic heterocycles. The fourth-order valence-electron chi connectivity index (χ4n) is 2.81. The Labute approximate surface area is 145 Å². The molecule has 0 spiro atoms. The number of nitrogens with zero attached hydrogens (tertiary/aromatic N) is 1. The number of rotatable bonds is 4. The lowest BCUT2D eigenvalue weighted by Gasteiger charge is -2.18. The van der Waals surface area contributed by atoms with Crippen LogP contribution in [0.1, 0.15) is 43.8 Å². The molecule has 2 amide bonds. The van der Waals surface area contributed by atoms with E-state index in [4.69, 9.17) is 5.73 Å². The largest absolute Gasteiger partial charge is 0.365 e. The molecule has 3 rings (SSSR count). The van der Waals surface area contributed by atoms with Gasteiger partial charge in [-0.25, -0.2) is 0 Å². The summed E-state index contributed by atoms with van der Waals surface area (Å²) >= 11 is 2.16. The quantitative estimate of drug-likeness (QED) is 0.639. The second kappa shape index (κ2) is 6.33. The van der Waals surface area contributed by atoms with Gasteiger partial charge in [-0.1, -0.05) is 18.3 Å². The van der Waals surface area contributed by atoms with E-state index >= 15 is 0 Å². The van der Waals surface area contributed by atoms with Gasteiger partial charge < -0.3 is 11.1 Å². The van der Waals surface area contributed by atoms with Crippen LogP contribution in [-0.2, 0) is 12.8 Å². The van der Waals surface area contributed by atoms with Crippen molar-refractivity contribution in [1.29, 1.82) is 0 Å². The summed E-state index contributed by atoms with van der Waals surface area (Å²) in [5.74, 6) is -0.503. The Hall–Kier alpha value is -2.26. The fraction of sp³-hybridized carbons (Fsp3) is 0.333. The van der Waals surface area contributed by atoms with E-state index < -0.39 is 16.7 Å². The lowest BCUT2D eigenvalue weighted by atomic mass is 9.88. The van der Waals surface area contributed by atoms with E-state index in [2.05, 4.69) is 12.2 Å². The first-order valence-corrected chi connectivity index (χ1v) is 9.00. The summed E-state index contributed by atoms with van der Waals surface area (Å²) in [6.07, 6.45) is 2.61. The Morgan fingerprint density at radius 3 is 2.75 bits per heavy atom. The summed E-state index contributed by atoms with van der Waals surface area (Å²) in [5, 5.41) is 13.8. The van der Waals surface area contributed by atoms with Crippen molar-refractivity contribution >= 4 is 44.5 Å². The highest BCUT2D eigenvalue weighted by Crippen LogP contribution is 2.39.